The lowest BCUT2D eigenvalue weighted by Crippen LogP contribution is -2.40. The number of hydrogen-bond donors (Lipinski definition) is 1. The maximum absolute atomic E-state index is 5.39. The molecule has 1 aliphatic rings. The van der Waals surface area contributed by atoms with Crippen molar-refractivity contribution in [2.45, 2.75) is 0 Å². The van der Waals surface area contributed by atoms with Crippen LogP contribution in [-0.4, -0.2) is 37.2 Å². The minimum Gasteiger partial charge on any atom is -0.378 e. The monoisotopic (exact) mass is 309 g/mol. The molecule has 118 valence electrons. The molecular formula is C17H19N5O. The van der Waals surface area contributed by atoms with E-state index >= 15 is 0 Å². The van der Waals surface area contributed by atoms with Crippen molar-refractivity contribution in [2.75, 3.05) is 31.7 Å². The molecule has 6 heteroatoms. The van der Waals surface area contributed by atoms with E-state index in [1.54, 1.807) is 0 Å². The lowest BCUT2D eigenvalue weighted by molar-refractivity contribution is 0.0674. The average molecular weight is 309 g/mol. The van der Waals surface area contributed by atoms with E-state index in [0.717, 1.165) is 24.5 Å². The summed E-state index contributed by atoms with van der Waals surface area (Å²) in [5.74, 6) is 0.556. The number of hydrogen-bond acceptors (Lipinski definition) is 4. The molecule has 1 saturated heterocycles. The first-order valence-electron chi connectivity index (χ1n) is 7.60. The third-order valence-corrected chi connectivity index (χ3v) is 3.36. The fraction of sp³-hybridized carbons (Fsp3) is 0.235. The predicted molar refractivity (Wildman–Crippen MR) is 90.8 cm³/mol. The zero-order valence-corrected chi connectivity index (χ0v) is 12.8. The first-order valence-corrected chi connectivity index (χ1v) is 7.60. The van der Waals surface area contributed by atoms with Crippen LogP contribution < -0.4 is 5.43 Å². The Morgan fingerprint density at radius 3 is 2.26 bits per heavy atom. The van der Waals surface area contributed by atoms with E-state index in [-0.39, 0.29) is 0 Å². The van der Waals surface area contributed by atoms with Crippen LogP contribution in [0.5, 0.6) is 0 Å². The molecule has 0 radical (unpaired) electrons. The Bertz CT molecular complexity index is 651. The van der Waals surface area contributed by atoms with Crippen molar-refractivity contribution >= 4 is 17.3 Å². The van der Waals surface area contributed by atoms with Crippen LogP contribution in [0, 0.1) is 0 Å². The van der Waals surface area contributed by atoms with Gasteiger partial charge >= 0.3 is 0 Å². The summed E-state index contributed by atoms with van der Waals surface area (Å²) in [7, 11) is 0. The van der Waals surface area contributed by atoms with Crippen molar-refractivity contribution < 1.29 is 4.74 Å². The van der Waals surface area contributed by atoms with Gasteiger partial charge in [0.15, 0.2) is 0 Å². The van der Waals surface area contributed by atoms with E-state index in [1.165, 1.54) is 0 Å². The van der Waals surface area contributed by atoms with Crippen molar-refractivity contribution in [1.82, 2.24) is 4.90 Å². The highest BCUT2D eigenvalue weighted by Gasteiger charge is 2.15. The highest BCUT2D eigenvalue weighted by Crippen LogP contribution is 2.12. The zero-order valence-electron chi connectivity index (χ0n) is 12.8. The summed E-state index contributed by atoms with van der Waals surface area (Å²) in [4.78, 5) is 2.06. The van der Waals surface area contributed by atoms with E-state index < -0.39 is 0 Å². The molecule has 0 saturated carbocycles. The van der Waals surface area contributed by atoms with E-state index in [1.807, 2.05) is 60.7 Å². The largest absolute Gasteiger partial charge is 0.378 e. The molecule has 23 heavy (non-hydrogen) atoms. The summed E-state index contributed by atoms with van der Waals surface area (Å²) >= 11 is 0. The van der Waals surface area contributed by atoms with Crippen LogP contribution >= 0.6 is 0 Å². The number of rotatable bonds is 3. The summed E-state index contributed by atoms with van der Waals surface area (Å²) in [6.07, 6.45) is 0. The second kappa shape index (κ2) is 8.05. The fourth-order valence-corrected chi connectivity index (χ4v) is 2.14. The van der Waals surface area contributed by atoms with Crippen molar-refractivity contribution in [1.29, 1.82) is 0 Å². The first-order chi connectivity index (χ1) is 11.4. The molecule has 1 aliphatic heterocycles. The van der Waals surface area contributed by atoms with E-state index in [2.05, 4.69) is 25.7 Å². The number of para-hydroxylation sites is 1. The van der Waals surface area contributed by atoms with Crippen molar-refractivity contribution in [2.24, 2.45) is 15.3 Å². The van der Waals surface area contributed by atoms with Gasteiger partial charge in [-0.3, -0.25) is 5.43 Å². The van der Waals surface area contributed by atoms with Crippen LogP contribution in [0.4, 0.5) is 11.4 Å². The van der Waals surface area contributed by atoms with E-state index in [0.29, 0.717) is 19.2 Å². The van der Waals surface area contributed by atoms with Crippen LogP contribution in [0.25, 0.3) is 0 Å². The number of nitrogens with one attached hydrogen (secondary N) is 1. The molecule has 0 atom stereocenters. The molecule has 0 unspecified atom stereocenters. The average Bonchev–Trinajstić information content (AvgIpc) is 2.64. The van der Waals surface area contributed by atoms with Gasteiger partial charge in [-0.1, -0.05) is 36.4 Å². The summed E-state index contributed by atoms with van der Waals surface area (Å²) in [5, 5.41) is 13.0. The van der Waals surface area contributed by atoms with Gasteiger partial charge in [-0.15, -0.1) is 15.3 Å². The molecule has 0 amide bonds. The van der Waals surface area contributed by atoms with Gasteiger partial charge in [0, 0.05) is 13.1 Å². The number of benzene rings is 2. The highest BCUT2D eigenvalue weighted by atomic mass is 16.5. The number of morpholine rings is 1. The smallest absolute Gasteiger partial charge is 0.262 e. The van der Waals surface area contributed by atoms with Crippen LogP contribution in [0.15, 0.2) is 76.0 Å². The number of guanidine groups is 1. The predicted octanol–water partition coefficient (Wildman–Crippen LogP) is 3.49. The molecule has 0 bridgehead atoms. The van der Waals surface area contributed by atoms with Crippen molar-refractivity contribution in [3.8, 4) is 0 Å². The molecular weight excluding hydrogens is 290 g/mol. The number of nitrogens with zero attached hydrogens (tertiary/aromatic N) is 4. The first kappa shape index (κ1) is 15.2. The molecule has 0 spiro atoms. The molecule has 1 heterocycles. The molecule has 0 aliphatic carbocycles. The minimum atomic E-state index is 0.556. The Kier molecular flexibility index (Phi) is 5.31. The molecule has 0 aromatic heterocycles. The molecule has 2 aromatic rings. The van der Waals surface area contributed by atoms with Gasteiger partial charge in [-0.2, -0.15) is 0 Å². The Labute approximate surface area is 135 Å². The Morgan fingerprint density at radius 2 is 1.57 bits per heavy atom. The second-order valence-electron chi connectivity index (χ2n) is 5.02. The maximum atomic E-state index is 5.39. The van der Waals surface area contributed by atoms with Gasteiger partial charge in [0.2, 0.25) is 0 Å². The molecule has 2 aromatic carbocycles. The van der Waals surface area contributed by atoms with Crippen molar-refractivity contribution in [3.63, 3.8) is 0 Å². The normalized spacial score (nSPS) is 15.8. The van der Waals surface area contributed by atoms with Crippen molar-refractivity contribution in [3.05, 3.63) is 60.7 Å². The van der Waals surface area contributed by atoms with Crippen LogP contribution in [0.3, 0.4) is 0 Å². The highest BCUT2D eigenvalue weighted by molar-refractivity contribution is 5.81. The van der Waals surface area contributed by atoms with Crippen LogP contribution in [-0.2, 0) is 4.74 Å². The third kappa shape index (κ3) is 4.62. The lowest BCUT2D eigenvalue weighted by atomic mass is 10.3. The molecule has 1 N–H and O–H groups in total. The summed E-state index contributed by atoms with van der Waals surface area (Å²) in [5.41, 5.74) is 4.74. The number of hydrazone groups is 1. The summed E-state index contributed by atoms with van der Waals surface area (Å²) in [6, 6.07) is 19.4. The van der Waals surface area contributed by atoms with Crippen LogP contribution in [0.2, 0.25) is 0 Å². The van der Waals surface area contributed by atoms with Gasteiger partial charge in [-0.25, -0.2) is 0 Å². The van der Waals surface area contributed by atoms with Gasteiger partial charge in [0.25, 0.3) is 5.96 Å². The number of ether oxygens (including phenoxy) is 1. The Balaban J connectivity index is 1.76. The lowest BCUT2D eigenvalue weighted by Gasteiger charge is -2.26. The van der Waals surface area contributed by atoms with Crippen LogP contribution in [0.1, 0.15) is 0 Å². The van der Waals surface area contributed by atoms with Gasteiger partial charge in [0.1, 0.15) is 0 Å². The molecule has 3 rings (SSSR count). The van der Waals surface area contributed by atoms with Gasteiger partial charge in [0.05, 0.1) is 24.6 Å². The summed E-state index contributed by atoms with van der Waals surface area (Å²) < 4.78 is 5.39. The van der Waals surface area contributed by atoms with E-state index in [4.69, 9.17) is 4.74 Å². The topological polar surface area (TPSA) is 61.6 Å². The number of anilines is 1. The second-order valence-corrected chi connectivity index (χ2v) is 5.02. The third-order valence-electron chi connectivity index (χ3n) is 3.36. The van der Waals surface area contributed by atoms with Gasteiger partial charge in [-0.05, 0) is 24.3 Å². The summed E-state index contributed by atoms with van der Waals surface area (Å²) in [6.45, 7) is 2.85. The van der Waals surface area contributed by atoms with Gasteiger partial charge < -0.3 is 9.64 Å². The zero-order chi connectivity index (χ0) is 15.7. The van der Waals surface area contributed by atoms with E-state index in [9.17, 15) is 0 Å². The maximum Gasteiger partial charge on any atom is 0.262 e. The SMILES string of the molecule is c1ccc(N=N/C(=N\Nc2ccccc2)N2CCOCC2)cc1. The minimum absolute atomic E-state index is 0.556. The fourth-order valence-electron chi connectivity index (χ4n) is 2.14. The quantitative estimate of drug-likeness (QED) is 0.408. The number of azo groups is 1. The molecule has 6 nitrogen and oxygen atoms in total. The molecule has 1 fully saturated rings. The Hall–Kier alpha value is -2.73. The Morgan fingerprint density at radius 1 is 0.913 bits per heavy atom. The standard InChI is InChI=1S/C17H19N5O/c1-3-7-15(8-4-1)18-20-17(22-11-13-23-14-12-22)21-19-16-9-5-2-6-10-16/h1-10,18H,11-14H2/b20-17+,21-19?.